The quantitative estimate of drug-likeness (QED) is 0.697. The van der Waals surface area contributed by atoms with Gasteiger partial charge in [-0.25, -0.2) is 13.1 Å². The molecule has 0 bridgehead atoms. The van der Waals surface area contributed by atoms with Crippen LogP contribution in [-0.2, 0) is 10.0 Å². The molecule has 124 valence electrons. The number of aryl methyl sites for hydroxylation is 1. The highest BCUT2D eigenvalue weighted by atomic mass is 35.5. The van der Waals surface area contributed by atoms with Crippen molar-refractivity contribution < 1.29 is 13.2 Å². The zero-order valence-electron chi connectivity index (χ0n) is 12.3. The summed E-state index contributed by atoms with van der Waals surface area (Å²) in [4.78, 5) is 12.2. The molecule has 8 heteroatoms. The van der Waals surface area contributed by atoms with Crippen LogP contribution in [0.2, 0.25) is 10.0 Å². The summed E-state index contributed by atoms with van der Waals surface area (Å²) in [5.74, 6) is -0.801. The summed E-state index contributed by atoms with van der Waals surface area (Å²) >= 11 is 12.8. The Hall–Kier alpha value is -1.60. The van der Waals surface area contributed by atoms with E-state index in [0.717, 1.165) is 27.0 Å². The van der Waals surface area contributed by atoms with Crippen molar-refractivity contribution in [2.45, 2.75) is 11.1 Å². The minimum atomic E-state index is -3.98. The molecular formula is C16H11Cl2NO3S2. The van der Waals surface area contributed by atoms with Gasteiger partial charge in [0.1, 0.15) is 4.21 Å². The van der Waals surface area contributed by atoms with Crippen LogP contribution in [-0.4, -0.2) is 14.3 Å². The van der Waals surface area contributed by atoms with E-state index in [4.69, 9.17) is 23.2 Å². The number of carbonyl (C=O) groups is 1. The fourth-order valence-electron chi connectivity index (χ4n) is 2.15. The van der Waals surface area contributed by atoms with Crippen LogP contribution in [0.5, 0.6) is 0 Å². The number of sulfonamides is 1. The number of rotatable bonds is 3. The Bertz CT molecular complexity index is 1060. The number of benzene rings is 2. The zero-order chi connectivity index (χ0) is 17.5. The van der Waals surface area contributed by atoms with Gasteiger partial charge in [-0.3, -0.25) is 4.79 Å². The second-order valence-corrected chi connectivity index (χ2v) is 9.00. The number of hydrogen-bond acceptors (Lipinski definition) is 4. The molecule has 0 aliphatic heterocycles. The van der Waals surface area contributed by atoms with Crippen LogP contribution in [0.25, 0.3) is 10.1 Å². The van der Waals surface area contributed by atoms with Crippen molar-refractivity contribution in [3.8, 4) is 0 Å². The van der Waals surface area contributed by atoms with Gasteiger partial charge < -0.3 is 0 Å². The minimum Gasteiger partial charge on any atom is -0.268 e. The molecule has 0 atom stereocenters. The third kappa shape index (κ3) is 3.42. The maximum absolute atomic E-state index is 12.5. The van der Waals surface area contributed by atoms with Gasteiger partial charge in [-0.15, -0.1) is 11.3 Å². The maximum atomic E-state index is 12.5. The molecule has 0 aliphatic carbocycles. The van der Waals surface area contributed by atoms with Crippen LogP contribution in [0, 0.1) is 6.92 Å². The SMILES string of the molecule is Cc1ccc2cc(S(=O)(=O)NC(=O)c3ccc(Cl)cc3Cl)sc2c1. The minimum absolute atomic E-state index is 0.0431. The normalized spacial score (nSPS) is 11.6. The van der Waals surface area contributed by atoms with Crippen molar-refractivity contribution in [2.24, 2.45) is 0 Å². The number of nitrogens with one attached hydrogen (secondary N) is 1. The highest BCUT2D eigenvalue weighted by molar-refractivity contribution is 7.92. The number of fused-ring (bicyclic) bond motifs is 1. The van der Waals surface area contributed by atoms with Crippen molar-refractivity contribution in [1.29, 1.82) is 0 Å². The second-order valence-electron chi connectivity index (χ2n) is 5.17. The topological polar surface area (TPSA) is 63.2 Å². The van der Waals surface area contributed by atoms with Crippen molar-refractivity contribution in [1.82, 2.24) is 4.72 Å². The highest BCUT2D eigenvalue weighted by Gasteiger charge is 2.22. The first-order valence-electron chi connectivity index (χ1n) is 6.79. The molecule has 0 saturated heterocycles. The molecule has 3 aromatic rings. The lowest BCUT2D eigenvalue weighted by atomic mass is 10.2. The summed E-state index contributed by atoms with van der Waals surface area (Å²) in [6, 6.07) is 11.4. The first kappa shape index (κ1) is 17.2. The summed E-state index contributed by atoms with van der Waals surface area (Å²) in [6.45, 7) is 1.93. The van der Waals surface area contributed by atoms with E-state index >= 15 is 0 Å². The standard InChI is InChI=1S/C16H11Cl2NO3S2/c1-9-2-3-10-7-15(23-14(10)6-9)24(21,22)19-16(20)12-5-4-11(17)8-13(12)18/h2-8H,1H3,(H,19,20). The summed E-state index contributed by atoms with van der Waals surface area (Å²) < 4.78 is 27.9. The molecule has 0 fully saturated rings. The van der Waals surface area contributed by atoms with E-state index in [-0.39, 0.29) is 14.8 Å². The molecule has 2 aromatic carbocycles. The third-order valence-electron chi connectivity index (χ3n) is 3.32. The van der Waals surface area contributed by atoms with E-state index in [1.165, 1.54) is 18.2 Å². The third-order valence-corrected chi connectivity index (χ3v) is 6.77. The number of carbonyl (C=O) groups excluding carboxylic acids is 1. The lowest BCUT2D eigenvalue weighted by Crippen LogP contribution is -2.30. The molecule has 0 saturated carbocycles. The van der Waals surface area contributed by atoms with Gasteiger partial charge in [-0.2, -0.15) is 0 Å². The summed E-state index contributed by atoms with van der Waals surface area (Å²) in [6.07, 6.45) is 0. The molecule has 24 heavy (non-hydrogen) atoms. The van der Waals surface area contributed by atoms with E-state index in [2.05, 4.69) is 0 Å². The van der Waals surface area contributed by atoms with Crippen molar-refractivity contribution in [3.63, 3.8) is 0 Å². The second kappa shape index (κ2) is 6.37. The predicted molar refractivity (Wildman–Crippen MR) is 97.7 cm³/mol. The van der Waals surface area contributed by atoms with Gasteiger partial charge in [0.2, 0.25) is 0 Å². The summed E-state index contributed by atoms with van der Waals surface area (Å²) in [7, 11) is -3.98. The van der Waals surface area contributed by atoms with E-state index in [0.29, 0.717) is 5.02 Å². The van der Waals surface area contributed by atoms with E-state index in [9.17, 15) is 13.2 Å². The highest BCUT2D eigenvalue weighted by Crippen LogP contribution is 2.30. The van der Waals surface area contributed by atoms with Crippen LogP contribution in [0.3, 0.4) is 0 Å². The number of thiophene rings is 1. The lowest BCUT2D eigenvalue weighted by molar-refractivity contribution is 0.0981. The zero-order valence-corrected chi connectivity index (χ0v) is 15.5. The number of hydrogen-bond donors (Lipinski definition) is 1. The first-order chi connectivity index (χ1) is 11.3. The van der Waals surface area contributed by atoms with Crippen LogP contribution >= 0.6 is 34.5 Å². The molecule has 1 N–H and O–H groups in total. The van der Waals surface area contributed by atoms with Crippen molar-refractivity contribution >= 4 is 60.6 Å². The summed E-state index contributed by atoms with van der Waals surface area (Å²) in [5, 5.41) is 1.25. The lowest BCUT2D eigenvalue weighted by Gasteiger charge is -2.06. The van der Waals surface area contributed by atoms with Gasteiger partial charge in [-0.1, -0.05) is 35.3 Å². The van der Waals surface area contributed by atoms with Crippen molar-refractivity contribution in [3.05, 3.63) is 63.6 Å². The molecule has 4 nitrogen and oxygen atoms in total. The molecule has 0 unspecified atom stereocenters. The average molecular weight is 400 g/mol. The largest absolute Gasteiger partial charge is 0.273 e. The van der Waals surface area contributed by atoms with Crippen LogP contribution in [0.1, 0.15) is 15.9 Å². The average Bonchev–Trinajstić information content (AvgIpc) is 2.90. The Morgan fingerprint density at radius 1 is 1.08 bits per heavy atom. The monoisotopic (exact) mass is 399 g/mol. The number of amides is 1. The van der Waals surface area contributed by atoms with Crippen LogP contribution in [0.4, 0.5) is 0 Å². The van der Waals surface area contributed by atoms with Crippen LogP contribution in [0.15, 0.2) is 46.7 Å². The fourth-order valence-corrected chi connectivity index (χ4v) is 5.10. The fraction of sp³-hybridized carbons (Fsp3) is 0.0625. The van der Waals surface area contributed by atoms with E-state index < -0.39 is 15.9 Å². The number of halogens is 2. The van der Waals surface area contributed by atoms with E-state index in [1.807, 2.05) is 29.8 Å². The Kier molecular flexibility index (Phi) is 4.57. The molecule has 0 aliphatic rings. The van der Waals surface area contributed by atoms with Gasteiger partial charge in [-0.05, 0) is 48.2 Å². The Balaban J connectivity index is 1.93. The Labute approximate surface area is 153 Å². The van der Waals surface area contributed by atoms with Gasteiger partial charge in [0, 0.05) is 9.72 Å². The van der Waals surface area contributed by atoms with E-state index in [1.54, 1.807) is 6.07 Å². The molecule has 0 spiro atoms. The smallest absolute Gasteiger partial charge is 0.268 e. The molecular weight excluding hydrogens is 389 g/mol. The molecule has 1 amide bonds. The van der Waals surface area contributed by atoms with Crippen LogP contribution < -0.4 is 4.72 Å². The molecule has 3 rings (SSSR count). The van der Waals surface area contributed by atoms with Gasteiger partial charge in [0.25, 0.3) is 15.9 Å². The summed E-state index contributed by atoms with van der Waals surface area (Å²) in [5.41, 5.74) is 1.08. The van der Waals surface area contributed by atoms with Gasteiger partial charge in [0.05, 0.1) is 10.6 Å². The first-order valence-corrected chi connectivity index (χ1v) is 9.84. The maximum Gasteiger partial charge on any atom is 0.273 e. The van der Waals surface area contributed by atoms with Gasteiger partial charge >= 0.3 is 0 Å². The molecule has 1 heterocycles. The molecule has 0 radical (unpaired) electrons. The van der Waals surface area contributed by atoms with Crippen molar-refractivity contribution in [2.75, 3.05) is 0 Å². The Morgan fingerprint density at radius 2 is 1.83 bits per heavy atom. The predicted octanol–water partition coefficient (Wildman–Crippen LogP) is 4.64. The molecule has 1 aromatic heterocycles. The Morgan fingerprint density at radius 3 is 2.54 bits per heavy atom. The van der Waals surface area contributed by atoms with Gasteiger partial charge in [0.15, 0.2) is 0 Å².